The summed E-state index contributed by atoms with van der Waals surface area (Å²) in [5, 5.41) is 0. The van der Waals surface area contributed by atoms with Crippen LogP contribution in [-0.4, -0.2) is 5.97 Å². The number of hydrogen-bond acceptors (Lipinski definition) is 2. The molecular formula is C44H60O2. The van der Waals surface area contributed by atoms with Gasteiger partial charge in [-0.05, 0) is 122 Å². The Morgan fingerprint density at radius 3 is 1.63 bits per heavy atom. The Bertz CT molecular complexity index is 1260. The van der Waals surface area contributed by atoms with Gasteiger partial charge >= 0.3 is 5.97 Å². The standard InChI is InChI=1S/C44H60O2/c1-3-5-8-12-34-16-23-37(24-17-34)38-27-20-36(21-28-38)22-33-43(41-14-10-7-11-15-41)46-44(45)42-31-29-40(30-32-42)39-25-18-35(19-26-39)13-9-6-4-2/h7,10-11,14-15,20-21,27-32,34-35,37,39,43H,3-6,8-9,12-13,16-19,22-26,33H2,1-2H3. The van der Waals surface area contributed by atoms with Crippen molar-refractivity contribution >= 4 is 5.97 Å². The zero-order valence-corrected chi connectivity index (χ0v) is 28.9. The lowest BCUT2D eigenvalue weighted by atomic mass is 9.77. The predicted molar refractivity (Wildman–Crippen MR) is 193 cm³/mol. The van der Waals surface area contributed by atoms with Gasteiger partial charge in [0.2, 0.25) is 0 Å². The number of hydrogen-bond donors (Lipinski definition) is 0. The number of carbonyl (C=O) groups excluding carboxylic acids is 1. The van der Waals surface area contributed by atoms with Gasteiger partial charge < -0.3 is 4.74 Å². The van der Waals surface area contributed by atoms with Gasteiger partial charge in [0.15, 0.2) is 0 Å². The Morgan fingerprint density at radius 2 is 1.13 bits per heavy atom. The molecular weight excluding hydrogens is 560 g/mol. The van der Waals surface area contributed by atoms with Crippen molar-refractivity contribution in [2.75, 3.05) is 0 Å². The van der Waals surface area contributed by atoms with Gasteiger partial charge in [0.1, 0.15) is 6.10 Å². The normalized spacial score (nSPS) is 22.3. The maximum atomic E-state index is 13.4. The summed E-state index contributed by atoms with van der Waals surface area (Å²) in [5.41, 5.74) is 5.92. The van der Waals surface area contributed by atoms with Crippen LogP contribution in [0.2, 0.25) is 0 Å². The molecule has 0 radical (unpaired) electrons. The number of carbonyl (C=O) groups is 1. The number of esters is 1. The molecule has 0 aliphatic heterocycles. The number of unbranched alkanes of at least 4 members (excludes halogenated alkanes) is 4. The smallest absolute Gasteiger partial charge is 0.338 e. The van der Waals surface area contributed by atoms with Crippen molar-refractivity contribution in [1.82, 2.24) is 0 Å². The minimum absolute atomic E-state index is 0.222. The van der Waals surface area contributed by atoms with Crippen molar-refractivity contribution in [3.63, 3.8) is 0 Å². The van der Waals surface area contributed by atoms with Crippen LogP contribution in [0.1, 0.15) is 174 Å². The van der Waals surface area contributed by atoms with Gasteiger partial charge in [-0.25, -0.2) is 4.79 Å². The quantitative estimate of drug-likeness (QED) is 0.118. The second-order valence-corrected chi connectivity index (χ2v) is 14.6. The number of aryl methyl sites for hydroxylation is 1. The molecule has 248 valence electrons. The lowest BCUT2D eigenvalue weighted by Gasteiger charge is -2.29. The molecule has 0 saturated heterocycles. The molecule has 3 aromatic rings. The van der Waals surface area contributed by atoms with E-state index in [1.54, 1.807) is 0 Å². The van der Waals surface area contributed by atoms with Crippen molar-refractivity contribution in [3.05, 3.63) is 107 Å². The van der Waals surface area contributed by atoms with Crippen molar-refractivity contribution in [3.8, 4) is 0 Å². The van der Waals surface area contributed by atoms with Crippen LogP contribution in [0.15, 0.2) is 78.9 Å². The molecule has 0 amide bonds. The van der Waals surface area contributed by atoms with Gasteiger partial charge in [0.25, 0.3) is 0 Å². The first-order chi connectivity index (χ1) is 22.6. The van der Waals surface area contributed by atoms with Crippen LogP contribution in [0.5, 0.6) is 0 Å². The molecule has 2 aliphatic carbocycles. The Morgan fingerprint density at radius 1 is 0.630 bits per heavy atom. The van der Waals surface area contributed by atoms with E-state index in [2.05, 4.69) is 62.4 Å². The summed E-state index contributed by atoms with van der Waals surface area (Å²) in [6.07, 6.45) is 23.1. The van der Waals surface area contributed by atoms with E-state index in [1.807, 2.05) is 30.3 Å². The summed E-state index contributed by atoms with van der Waals surface area (Å²) in [4.78, 5) is 13.4. The number of rotatable bonds is 16. The average Bonchev–Trinajstić information content (AvgIpc) is 3.11. The molecule has 5 rings (SSSR count). The summed E-state index contributed by atoms with van der Waals surface area (Å²) in [6.45, 7) is 4.59. The molecule has 2 nitrogen and oxygen atoms in total. The molecule has 1 atom stereocenters. The van der Waals surface area contributed by atoms with Crippen LogP contribution in [-0.2, 0) is 11.2 Å². The van der Waals surface area contributed by atoms with Crippen molar-refractivity contribution < 1.29 is 9.53 Å². The van der Waals surface area contributed by atoms with Crippen LogP contribution >= 0.6 is 0 Å². The lowest BCUT2D eigenvalue weighted by molar-refractivity contribution is 0.0277. The van der Waals surface area contributed by atoms with Crippen LogP contribution in [0.25, 0.3) is 0 Å². The number of benzene rings is 3. The van der Waals surface area contributed by atoms with E-state index < -0.39 is 0 Å². The molecule has 0 bridgehead atoms. The van der Waals surface area contributed by atoms with E-state index >= 15 is 0 Å². The van der Waals surface area contributed by atoms with E-state index in [-0.39, 0.29) is 12.1 Å². The van der Waals surface area contributed by atoms with Crippen LogP contribution in [0.4, 0.5) is 0 Å². The van der Waals surface area contributed by atoms with E-state index in [4.69, 9.17) is 4.74 Å². The van der Waals surface area contributed by atoms with Crippen LogP contribution in [0.3, 0.4) is 0 Å². The highest BCUT2D eigenvalue weighted by atomic mass is 16.5. The second-order valence-electron chi connectivity index (χ2n) is 14.6. The fraction of sp³-hybridized carbons (Fsp3) is 0.568. The summed E-state index contributed by atoms with van der Waals surface area (Å²) in [6, 6.07) is 28.0. The van der Waals surface area contributed by atoms with Crippen molar-refractivity contribution in [2.45, 2.75) is 147 Å². The average molecular weight is 621 g/mol. The monoisotopic (exact) mass is 620 g/mol. The lowest BCUT2D eigenvalue weighted by Crippen LogP contribution is -2.15. The molecule has 0 aromatic heterocycles. The zero-order chi connectivity index (χ0) is 32.0. The summed E-state index contributed by atoms with van der Waals surface area (Å²) < 4.78 is 6.22. The highest BCUT2D eigenvalue weighted by Crippen LogP contribution is 2.39. The van der Waals surface area contributed by atoms with Gasteiger partial charge in [-0.2, -0.15) is 0 Å². The molecule has 3 aromatic carbocycles. The predicted octanol–water partition coefficient (Wildman–Crippen LogP) is 12.9. The molecule has 0 spiro atoms. The Kier molecular flexibility index (Phi) is 13.8. The summed E-state index contributed by atoms with van der Waals surface area (Å²) in [5.74, 6) is 2.98. The SMILES string of the molecule is CCCCCC1CCC(c2ccc(CCC(OC(=O)c3ccc(C4CCC(CCCCC)CC4)cc3)c3ccccc3)cc2)CC1. The van der Waals surface area contributed by atoms with Gasteiger partial charge in [-0.15, -0.1) is 0 Å². The molecule has 2 fully saturated rings. The topological polar surface area (TPSA) is 26.3 Å². The third-order valence-corrected chi connectivity index (χ3v) is 11.3. The van der Waals surface area contributed by atoms with Gasteiger partial charge in [0, 0.05) is 0 Å². The molecule has 1 unspecified atom stereocenters. The van der Waals surface area contributed by atoms with Crippen LogP contribution in [0, 0.1) is 11.8 Å². The highest BCUT2D eigenvalue weighted by molar-refractivity contribution is 5.89. The second kappa shape index (κ2) is 18.5. The first kappa shape index (κ1) is 34.5. The Hall–Kier alpha value is -2.87. The molecule has 2 aliphatic rings. The van der Waals surface area contributed by atoms with E-state index in [0.717, 1.165) is 30.2 Å². The minimum atomic E-state index is -0.265. The Labute approximate surface area is 280 Å². The summed E-state index contributed by atoms with van der Waals surface area (Å²) >= 11 is 0. The molecule has 0 N–H and O–H groups in total. The first-order valence-corrected chi connectivity index (χ1v) is 19.1. The first-order valence-electron chi connectivity index (χ1n) is 19.1. The fourth-order valence-corrected chi connectivity index (χ4v) is 8.24. The van der Waals surface area contributed by atoms with Gasteiger partial charge in [-0.1, -0.05) is 132 Å². The third-order valence-electron chi connectivity index (χ3n) is 11.3. The molecule has 2 saturated carbocycles. The maximum absolute atomic E-state index is 13.4. The van der Waals surface area contributed by atoms with Crippen LogP contribution < -0.4 is 0 Å². The van der Waals surface area contributed by atoms with Crippen molar-refractivity contribution in [2.24, 2.45) is 11.8 Å². The van der Waals surface area contributed by atoms with Gasteiger partial charge in [0.05, 0.1) is 5.56 Å². The molecule has 46 heavy (non-hydrogen) atoms. The van der Waals surface area contributed by atoms with E-state index in [0.29, 0.717) is 17.4 Å². The fourth-order valence-electron chi connectivity index (χ4n) is 8.24. The Balaban J connectivity index is 1.12. The maximum Gasteiger partial charge on any atom is 0.338 e. The molecule has 0 heterocycles. The molecule has 2 heteroatoms. The summed E-state index contributed by atoms with van der Waals surface area (Å²) in [7, 11) is 0. The minimum Gasteiger partial charge on any atom is -0.454 e. The van der Waals surface area contributed by atoms with Crippen molar-refractivity contribution in [1.29, 1.82) is 0 Å². The van der Waals surface area contributed by atoms with E-state index in [1.165, 1.54) is 119 Å². The van der Waals surface area contributed by atoms with Gasteiger partial charge in [-0.3, -0.25) is 0 Å². The zero-order valence-electron chi connectivity index (χ0n) is 28.9. The number of ether oxygens (including phenoxy) is 1. The highest BCUT2D eigenvalue weighted by Gasteiger charge is 2.24. The third kappa shape index (κ3) is 10.3. The largest absolute Gasteiger partial charge is 0.454 e. The van der Waals surface area contributed by atoms with E-state index in [9.17, 15) is 4.79 Å².